The summed E-state index contributed by atoms with van der Waals surface area (Å²) >= 11 is 5.82. The van der Waals surface area contributed by atoms with Crippen LogP contribution in [0.3, 0.4) is 0 Å². The van der Waals surface area contributed by atoms with Gasteiger partial charge in [0.05, 0.1) is 10.7 Å². The fourth-order valence-electron chi connectivity index (χ4n) is 2.05. The number of hydrogen-bond donors (Lipinski definition) is 3. The molecule has 0 aliphatic heterocycles. The molecule has 0 aliphatic carbocycles. The van der Waals surface area contributed by atoms with Gasteiger partial charge in [0.2, 0.25) is 0 Å². The number of carbonyl (C=O) groups excluding carboxylic acids is 1. The largest absolute Gasteiger partial charge is 0.356 e. The van der Waals surface area contributed by atoms with Crippen LogP contribution < -0.4 is 5.32 Å². The van der Waals surface area contributed by atoms with Crippen LogP contribution >= 0.6 is 11.6 Å². The number of halogens is 1. The van der Waals surface area contributed by atoms with Gasteiger partial charge >= 0.3 is 0 Å². The first-order valence-corrected chi connectivity index (χ1v) is 7.21. The van der Waals surface area contributed by atoms with Gasteiger partial charge in [-0.1, -0.05) is 30.7 Å². The smallest absolute Gasteiger partial charge is 0.272 e. The van der Waals surface area contributed by atoms with Crippen LogP contribution in [0, 0.1) is 0 Å². The van der Waals surface area contributed by atoms with Crippen molar-refractivity contribution in [3.8, 4) is 11.4 Å². The lowest BCUT2D eigenvalue weighted by Gasteiger charge is -2.07. The topological polar surface area (TPSA) is 86.5 Å². The van der Waals surface area contributed by atoms with Crippen LogP contribution in [0.4, 0.5) is 5.69 Å². The second-order valence-electron chi connectivity index (χ2n) is 4.69. The Hall–Kier alpha value is -2.60. The van der Waals surface area contributed by atoms with Crippen LogP contribution in [0.5, 0.6) is 0 Å². The number of nitrogens with zero attached hydrogens (tertiary/aromatic N) is 2. The van der Waals surface area contributed by atoms with Crippen molar-refractivity contribution in [2.24, 2.45) is 0 Å². The van der Waals surface area contributed by atoms with Crippen molar-refractivity contribution in [1.29, 1.82) is 0 Å². The Kier molecular flexibility index (Phi) is 3.93. The Bertz CT molecular complexity index is 808. The molecule has 3 N–H and O–H groups in total. The van der Waals surface area contributed by atoms with Gasteiger partial charge in [0.1, 0.15) is 11.5 Å². The lowest BCUT2D eigenvalue weighted by molar-refractivity contribution is 0.102. The molecule has 3 rings (SSSR count). The number of nitrogens with one attached hydrogen (secondary N) is 3. The van der Waals surface area contributed by atoms with Gasteiger partial charge in [0.15, 0.2) is 5.82 Å². The highest BCUT2D eigenvalue weighted by Crippen LogP contribution is 2.25. The van der Waals surface area contributed by atoms with Crippen LogP contribution in [0.2, 0.25) is 5.02 Å². The van der Waals surface area contributed by atoms with Crippen molar-refractivity contribution in [2.45, 2.75) is 13.3 Å². The maximum atomic E-state index is 12.2. The summed E-state index contributed by atoms with van der Waals surface area (Å²) in [6.45, 7) is 1.99. The van der Waals surface area contributed by atoms with Gasteiger partial charge in [-0.3, -0.25) is 9.89 Å². The van der Waals surface area contributed by atoms with E-state index in [9.17, 15) is 4.79 Å². The summed E-state index contributed by atoms with van der Waals surface area (Å²) in [5, 5.41) is 10.4. The molecule has 1 amide bonds. The molecule has 112 valence electrons. The minimum atomic E-state index is -0.273. The summed E-state index contributed by atoms with van der Waals surface area (Å²) in [4.78, 5) is 19.4. The molecular formula is C15H14ClN5O. The van der Waals surface area contributed by atoms with E-state index in [4.69, 9.17) is 11.6 Å². The number of aryl methyl sites for hydroxylation is 1. The van der Waals surface area contributed by atoms with E-state index in [-0.39, 0.29) is 5.91 Å². The summed E-state index contributed by atoms with van der Waals surface area (Å²) in [6, 6.07) is 8.95. The monoisotopic (exact) mass is 315 g/mol. The number of aromatic amines is 2. The highest BCUT2D eigenvalue weighted by Gasteiger charge is 2.14. The zero-order valence-corrected chi connectivity index (χ0v) is 12.6. The molecule has 0 saturated carbocycles. The second-order valence-corrected chi connectivity index (χ2v) is 5.13. The van der Waals surface area contributed by atoms with E-state index in [2.05, 4.69) is 25.5 Å². The Balaban J connectivity index is 1.89. The zero-order valence-electron chi connectivity index (χ0n) is 11.9. The molecule has 2 heterocycles. The third kappa shape index (κ3) is 2.87. The molecule has 2 aromatic heterocycles. The maximum absolute atomic E-state index is 12.2. The van der Waals surface area contributed by atoms with E-state index in [1.54, 1.807) is 18.3 Å². The molecule has 0 spiro atoms. The summed E-state index contributed by atoms with van der Waals surface area (Å²) in [6.07, 6.45) is 2.33. The Labute approximate surface area is 131 Å². The summed E-state index contributed by atoms with van der Waals surface area (Å²) in [7, 11) is 0. The molecule has 7 heteroatoms. The summed E-state index contributed by atoms with van der Waals surface area (Å²) < 4.78 is 0. The first-order valence-electron chi connectivity index (χ1n) is 6.83. The van der Waals surface area contributed by atoms with E-state index < -0.39 is 0 Å². The molecule has 0 unspecified atom stereocenters. The number of anilines is 1. The molecule has 3 aromatic rings. The number of rotatable bonds is 4. The molecule has 0 fully saturated rings. The number of carbonyl (C=O) groups is 1. The Morgan fingerprint density at radius 1 is 1.36 bits per heavy atom. The first-order chi connectivity index (χ1) is 10.7. The normalized spacial score (nSPS) is 10.6. The molecule has 0 saturated heterocycles. The molecule has 0 bridgehead atoms. The zero-order chi connectivity index (χ0) is 15.5. The number of aromatic nitrogens is 4. The Morgan fingerprint density at radius 2 is 2.18 bits per heavy atom. The van der Waals surface area contributed by atoms with Gasteiger partial charge in [-0.25, -0.2) is 4.98 Å². The Morgan fingerprint density at radius 3 is 2.86 bits per heavy atom. The molecule has 0 radical (unpaired) electrons. The molecule has 0 atom stereocenters. The second kappa shape index (κ2) is 6.03. The molecular weight excluding hydrogens is 302 g/mol. The summed E-state index contributed by atoms with van der Waals surface area (Å²) in [5.74, 6) is 1.08. The predicted octanol–water partition coefficient (Wildman–Crippen LogP) is 3.27. The van der Waals surface area contributed by atoms with Crippen molar-refractivity contribution < 1.29 is 4.79 Å². The average molecular weight is 316 g/mol. The van der Waals surface area contributed by atoms with Crippen LogP contribution in [-0.4, -0.2) is 26.1 Å². The number of benzene rings is 1. The molecule has 1 aromatic carbocycles. The van der Waals surface area contributed by atoms with Crippen LogP contribution in [0.15, 0.2) is 36.5 Å². The van der Waals surface area contributed by atoms with Crippen molar-refractivity contribution in [3.05, 3.63) is 53.1 Å². The van der Waals surface area contributed by atoms with Crippen molar-refractivity contribution >= 4 is 23.2 Å². The van der Waals surface area contributed by atoms with Crippen LogP contribution in [0.1, 0.15) is 23.2 Å². The third-order valence-electron chi connectivity index (χ3n) is 3.18. The number of para-hydroxylation sites is 1. The fourth-order valence-corrected chi connectivity index (χ4v) is 2.21. The van der Waals surface area contributed by atoms with Gasteiger partial charge in [0.25, 0.3) is 5.91 Å². The van der Waals surface area contributed by atoms with Gasteiger partial charge in [0, 0.05) is 18.2 Å². The number of amides is 1. The lowest BCUT2D eigenvalue weighted by Crippen LogP contribution is -2.13. The van der Waals surface area contributed by atoms with Crippen LogP contribution in [0.25, 0.3) is 11.4 Å². The third-order valence-corrected chi connectivity index (χ3v) is 3.39. The lowest BCUT2D eigenvalue weighted by atomic mass is 10.1. The summed E-state index contributed by atoms with van der Waals surface area (Å²) in [5.41, 5.74) is 1.79. The predicted molar refractivity (Wildman–Crippen MR) is 85.0 cm³/mol. The van der Waals surface area contributed by atoms with Crippen molar-refractivity contribution in [1.82, 2.24) is 20.2 Å². The van der Waals surface area contributed by atoms with Gasteiger partial charge in [-0.2, -0.15) is 5.10 Å². The standard InChI is InChI=1S/C15H14ClN5O/c1-2-13-19-14(21-20-13)10-5-3-4-6-11(10)18-15(22)12-7-9(16)8-17-12/h3-8,17H,2H2,1H3,(H,18,22)(H,19,20,21). The van der Waals surface area contributed by atoms with Gasteiger partial charge in [-0.15, -0.1) is 0 Å². The number of H-pyrrole nitrogens is 2. The van der Waals surface area contributed by atoms with Crippen molar-refractivity contribution in [3.63, 3.8) is 0 Å². The average Bonchev–Trinajstić information content (AvgIpc) is 3.16. The van der Waals surface area contributed by atoms with E-state index in [1.807, 2.05) is 25.1 Å². The SMILES string of the molecule is CCc1nc(-c2ccccc2NC(=O)c2cc(Cl)c[nH]2)n[nH]1. The van der Waals surface area contributed by atoms with E-state index in [0.717, 1.165) is 17.8 Å². The maximum Gasteiger partial charge on any atom is 0.272 e. The quantitative estimate of drug-likeness (QED) is 0.690. The van der Waals surface area contributed by atoms with Crippen molar-refractivity contribution in [2.75, 3.05) is 5.32 Å². The van der Waals surface area contributed by atoms with E-state index >= 15 is 0 Å². The molecule has 0 aliphatic rings. The fraction of sp³-hybridized carbons (Fsp3) is 0.133. The highest BCUT2D eigenvalue weighted by atomic mass is 35.5. The molecule has 22 heavy (non-hydrogen) atoms. The highest BCUT2D eigenvalue weighted by molar-refractivity contribution is 6.31. The van der Waals surface area contributed by atoms with E-state index in [1.165, 1.54) is 0 Å². The van der Waals surface area contributed by atoms with Gasteiger partial charge < -0.3 is 10.3 Å². The first kappa shape index (κ1) is 14.3. The minimum Gasteiger partial charge on any atom is -0.356 e. The van der Waals surface area contributed by atoms with Crippen LogP contribution in [-0.2, 0) is 6.42 Å². The minimum absolute atomic E-state index is 0.273. The van der Waals surface area contributed by atoms with E-state index in [0.29, 0.717) is 22.2 Å². The van der Waals surface area contributed by atoms with Gasteiger partial charge in [-0.05, 0) is 18.2 Å². The number of hydrogen-bond acceptors (Lipinski definition) is 3. The molecule has 6 nitrogen and oxygen atoms in total.